The first-order valence-electron chi connectivity index (χ1n) is 7.05. The zero-order valence-corrected chi connectivity index (χ0v) is 11.7. The Hall–Kier alpha value is -2.13. The minimum atomic E-state index is 0.978. The maximum Gasteiger partial charge on any atom is 0.106 e. The highest BCUT2D eigenvalue weighted by atomic mass is 14.9. The Morgan fingerprint density at radius 1 is 1.10 bits per heavy atom. The van der Waals surface area contributed by atoms with Crippen LogP contribution in [0.5, 0.6) is 0 Å². The molecule has 3 rings (SSSR count). The van der Waals surface area contributed by atoms with E-state index in [0.29, 0.717) is 0 Å². The average Bonchev–Trinajstić information content (AvgIpc) is 2.96. The van der Waals surface area contributed by atoms with Crippen LogP contribution >= 0.6 is 0 Å². The highest BCUT2D eigenvalue weighted by Crippen LogP contribution is 2.27. The summed E-state index contributed by atoms with van der Waals surface area (Å²) in [6.07, 6.45) is 4.01. The minimum Gasteiger partial charge on any atom is -0.342 e. The van der Waals surface area contributed by atoms with Crippen molar-refractivity contribution in [2.24, 2.45) is 0 Å². The van der Waals surface area contributed by atoms with Crippen LogP contribution < -0.4 is 5.32 Å². The minimum absolute atomic E-state index is 0.978. The number of benzene rings is 2. The van der Waals surface area contributed by atoms with Crippen molar-refractivity contribution in [3.05, 3.63) is 54.5 Å². The molecule has 3 aromatic rings. The van der Waals surface area contributed by atoms with Gasteiger partial charge in [-0.25, -0.2) is 4.98 Å². The van der Waals surface area contributed by atoms with Gasteiger partial charge in [-0.1, -0.05) is 42.5 Å². The van der Waals surface area contributed by atoms with Gasteiger partial charge in [-0.15, -0.1) is 0 Å². The van der Waals surface area contributed by atoms with E-state index in [1.54, 1.807) is 0 Å². The molecule has 1 heterocycles. The van der Waals surface area contributed by atoms with Crippen molar-refractivity contribution >= 4 is 10.8 Å². The van der Waals surface area contributed by atoms with Gasteiger partial charge in [0.15, 0.2) is 0 Å². The van der Waals surface area contributed by atoms with Gasteiger partial charge >= 0.3 is 0 Å². The smallest absolute Gasteiger partial charge is 0.106 e. The summed E-state index contributed by atoms with van der Waals surface area (Å²) in [4.78, 5) is 7.93. The van der Waals surface area contributed by atoms with E-state index in [4.69, 9.17) is 0 Å². The van der Waals surface area contributed by atoms with Gasteiger partial charge in [0.2, 0.25) is 0 Å². The first kappa shape index (κ1) is 12.9. The highest BCUT2D eigenvalue weighted by molar-refractivity contribution is 5.95. The maximum absolute atomic E-state index is 4.49. The van der Waals surface area contributed by atoms with Crippen molar-refractivity contribution in [2.45, 2.75) is 12.8 Å². The molecule has 0 fully saturated rings. The Bertz CT molecular complexity index is 695. The number of hydrogen-bond acceptors (Lipinski definition) is 2. The lowest BCUT2D eigenvalue weighted by atomic mass is 10.0. The predicted octanol–water partition coefficient (Wildman–Crippen LogP) is 3.38. The fourth-order valence-corrected chi connectivity index (χ4v) is 2.52. The zero-order chi connectivity index (χ0) is 13.8. The normalized spacial score (nSPS) is 11.1. The molecule has 2 N–H and O–H groups in total. The van der Waals surface area contributed by atoms with E-state index in [1.165, 1.54) is 16.3 Å². The summed E-state index contributed by atoms with van der Waals surface area (Å²) in [5, 5.41) is 5.68. The molecule has 0 radical (unpaired) electrons. The molecule has 0 atom stereocenters. The summed E-state index contributed by atoms with van der Waals surface area (Å²) in [6.45, 7) is 1.02. The van der Waals surface area contributed by atoms with Crippen LogP contribution in [0.3, 0.4) is 0 Å². The molecule has 0 aliphatic heterocycles. The summed E-state index contributed by atoms with van der Waals surface area (Å²) >= 11 is 0. The number of aromatic nitrogens is 2. The topological polar surface area (TPSA) is 40.7 Å². The van der Waals surface area contributed by atoms with Gasteiger partial charge in [0, 0.05) is 12.0 Å². The van der Waals surface area contributed by atoms with Crippen LogP contribution in [0.1, 0.15) is 12.2 Å². The van der Waals surface area contributed by atoms with Crippen molar-refractivity contribution in [3.8, 4) is 11.3 Å². The third kappa shape index (κ3) is 2.58. The first-order valence-corrected chi connectivity index (χ1v) is 7.05. The van der Waals surface area contributed by atoms with Crippen LogP contribution in [0.4, 0.5) is 0 Å². The second-order valence-corrected chi connectivity index (χ2v) is 4.98. The molecule has 3 heteroatoms. The number of H-pyrrole nitrogens is 1. The number of aromatic amines is 1. The molecule has 0 amide bonds. The molecule has 0 aliphatic carbocycles. The first-order chi connectivity index (χ1) is 9.88. The molecular formula is C17H19N3. The third-order valence-electron chi connectivity index (χ3n) is 3.55. The van der Waals surface area contributed by atoms with Gasteiger partial charge in [0.1, 0.15) is 5.82 Å². The molecule has 0 saturated carbocycles. The molecule has 1 aromatic heterocycles. The van der Waals surface area contributed by atoms with Gasteiger partial charge in [-0.05, 0) is 30.8 Å². The van der Waals surface area contributed by atoms with Crippen LogP contribution in [0.15, 0.2) is 48.7 Å². The summed E-state index contributed by atoms with van der Waals surface area (Å²) < 4.78 is 0. The molecule has 0 aliphatic rings. The van der Waals surface area contributed by atoms with Crippen LogP contribution in [-0.4, -0.2) is 23.6 Å². The highest BCUT2D eigenvalue weighted by Gasteiger charge is 2.06. The van der Waals surface area contributed by atoms with Crippen molar-refractivity contribution in [2.75, 3.05) is 13.6 Å². The Morgan fingerprint density at radius 3 is 2.85 bits per heavy atom. The number of imidazole rings is 1. The van der Waals surface area contributed by atoms with E-state index in [-0.39, 0.29) is 0 Å². The van der Waals surface area contributed by atoms with Gasteiger partial charge in [0.25, 0.3) is 0 Å². The molecule has 0 spiro atoms. The van der Waals surface area contributed by atoms with Crippen molar-refractivity contribution < 1.29 is 0 Å². The van der Waals surface area contributed by atoms with E-state index in [2.05, 4.69) is 57.7 Å². The molecule has 0 unspecified atom stereocenters. The molecular weight excluding hydrogens is 246 g/mol. The van der Waals surface area contributed by atoms with E-state index >= 15 is 0 Å². The second kappa shape index (κ2) is 5.88. The number of rotatable bonds is 5. The summed E-state index contributed by atoms with van der Waals surface area (Å²) in [5.41, 5.74) is 2.32. The van der Waals surface area contributed by atoms with Crippen LogP contribution in [-0.2, 0) is 6.42 Å². The molecule has 2 aromatic carbocycles. The Morgan fingerprint density at radius 2 is 1.95 bits per heavy atom. The lowest BCUT2D eigenvalue weighted by Gasteiger charge is -2.04. The summed E-state index contributed by atoms with van der Waals surface area (Å²) in [6, 6.07) is 14.8. The number of aryl methyl sites for hydroxylation is 1. The monoisotopic (exact) mass is 265 g/mol. The van der Waals surface area contributed by atoms with Crippen molar-refractivity contribution in [3.63, 3.8) is 0 Å². The van der Waals surface area contributed by atoms with Crippen LogP contribution in [0.2, 0.25) is 0 Å². The largest absolute Gasteiger partial charge is 0.342 e. The SMILES string of the molecule is CNCCCc1ncc(-c2cccc3ccccc23)[nH]1. The number of nitrogens with zero attached hydrogens (tertiary/aromatic N) is 1. The molecule has 0 bridgehead atoms. The van der Waals surface area contributed by atoms with E-state index in [0.717, 1.165) is 30.9 Å². The second-order valence-electron chi connectivity index (χ2n) is 4.98. The Kier molecular flexibility index (Phi) is 3.79. The molecule has 102 valence electrons. The fraction of sp³-hybridized carbons (Fsp3) is 0.235. The number of fused-ring (bicyclic) bond motifs is 1. The lowest BCUT2D eigenvalue weighted by Crippen LogP contribution is -2.08. The van der Waals surface area contributed by atoms with E-state index in [1.807, 2.05) is 13.2 Å². The van der Waals surface area contributed by atoms with E-state index in [9.17, 15) is 0 Å². The fourth-order valence-electron chi connectivity index (χ4n) is 2.52. The molecule has 20 heavy (non-hydrogen) atoms. The zero-order valence-electron chi connectivity index (χ0n) is 11.7. The van der Waals surface area contributed by atoms with Crippen LogP contribution in [0.25, 0.3) is 22.0 Å². The molecule has 3 nitrogen and oxygen atoms in total. The number of hydrogen-bond donors (Lipinski definition) is 2. The van der Waals surface area contributed by atoms with Crippen molar-refractivity contribution in [1.82, 2.24) is 15.3 Å². The lowest BCUT2D eigenvalue weighted by molar-refractivity contribution is 0.707. The van der Waals surface area contributed by atoms with E-state index < -0.39 is 0 Å². The van der Waals surface area contributed by atoms with Gasteiger partial charge in [-0.2, -0.15) is 0 Å². The van der Waals surface area contributed by atoms with Gasteiger partial charge < -0.3 is 10.3 Å². The third-order valence-corrected chi connectivity index (χ3v) is 3.55. The Balaban J connectivity index is 1.91. The van der Waals surface area contributed by atoms with Gasteiger partial charge in [-0.3, -0.25) is 0 Å². The van der Waals surface area contributed by atoms with Gasteiger partial charge in [0.05, 0.1) is 11.9 Å². The Labute approximate surface area is 119 Å². The quantitative estimate of drug-likeness (QED) is 0.694. The van der Waals surface area contributed by atoms with Crippen LogP contribution in [0, 0.1) is 0 Å². The predicted molar refractivity (Wildman–Crippen MR) is 83.8 cm³/mol. The summed E-state index contributed by atoms with van der Waals surface area (Å²) in [5.74, 6) is 1.06. The molecule has 0 saturated heterocycles. The maximum atomic E-state index is 4.49. The average molecular weight is 265 g/mol. The van der Waals surface area contributed by atoms with Crippen molar-refractivity contribution in [1.29, 1.82) is 0 Å². The summed E-state index contributed by atoms with van der Waals surface area (Å²) in [7, 11) is 1.98. The number of nitrogens with one attached hydrogen (secondary N) is 2. The standard InChI is InChI=1S/C17H19N3/c1-18-11-5-10-17-19-12-16(20-17)15-9-4-7-13-6-2-3-8-14(13)15/h2-4,6-9,12,18H,5,10-11H2,1H3,(H,19,20).